The topological polar surface area (TPSA) is 49.6 Å². The van der Waals surface area contributed by atoms with Crippen molar-refractivity contribution in [1.82, 2.24) is 9.80 Å². The first kappa shape index (κ1) is 15.4. The van der Waals surface area contributed by atoms with E-state index in [1.165, 1.54) is 12.8 Å². The van der Waals surface area contributed by atoms with Gasteiger partial charge in [-0.2, -0.15) is 0 Å². The molecule has 106 valence electrons. The Morgan fingerprint density at radius 1 is 1.33 bits per heavy atom. The van der Waals surface area contributed by atoms with Gasteiger partial charge >= 0.3 is 0 Å². The molecule has 1 fully saturated rings. The van der Waals surface area contributed by atoms with E-state index in [4.69, 9.17) is 5.73 Å². The number of hydrogen-bond acceptors (Lipinski definition) is 3. The highest BCUT2D eigenvalue weighted by atomic mass is 16.2. The molecule has 0 aromatic rings. The van der Waals surface area contributed by atoms with Gasteiger partial charge in [0.15, 0.2) is 0 Å². The van der Waals surface area contributed by atoms with E-state index in [2.05, 4.69) is 18.7 Å². The van der Waals surface area contributed by atoms with Gasteiger partial charge in [0.1, 0.15) is 0 Å². The van der Waals surface area contributed by atoms with Gasteiger partial charge in [0.25, 0.3) is 0 Å². The number of nitrogens with zero attached hydrogens (tertiary/aromatic N) is 2. The van der Waals surface area contributed by atoms with Crippen molar-refractivity contribution in [2.45, 2.75) is 39.5 Å². The van der Waals surface area contributed by atoms with E-state index in [1.54, 1.807) is 0 Å². The Kier molecular flexibility index (Phi) is 6.09. The first-order valence-electron chi connectivity index (χ1n) is 7.11. The zero-order valence-electron chi connectivity index (χ0n) is 12.2. The van der Waals surface area contributed by atoms with Crippen LogP contribution in [0, 0.1) is 5.41 Å². The average molecular weight is 255 g/mol. The molecular weight excluding hydrogens is 226 g/mol. The summed E-state index contributed by atoms with van der Waals surface area (Å²) < 4.78 is 0. The Labute approximate surface area is 111 Å². The van der Waals surface area contributed by atoms with Crippen LogP contribution in [0.3, 0.4) is 0 Å². The number of nitrogens with two attached hydrogens (primary N) is 1. The van der Waals surface area contributed by atoms with Gasteiger partial charge in [0.05, 0.1) is 6.54 Å². The second-order valence-electron chi connectivity index (χ2n) is 6.30. The zero-order chi connectivity index (χ0) is 13.6. The van der Waals surface area contributed by atoms with E-state index in [0.29, 0.717) is 6.54 Å². The summed E-state index contributed by atoms with van der Waals surface area (Å²) in [6.45, 7) is 8.56. The van der Waals surface area contributed by atoms with Crippen LogP contribution in [0.2, 0.25) is 0 Å². The molecule has 4 heteroatoms. The van der Waals surface area contributed by atoms with Crippen LogP contribution >= 0.6 is 0 Å². The standard InChI is InChI=1S/C14H29N3O/c1-14(2,12-15)7-6-8-16(3)11-13(18)17-9-4-5-10-17/h4-12,15H2,1-3H3. The predicted molar refractivity (Wildman–Crippen MR) is 75.4 cm³/mol. The SMILES string of the molecule is CN(CCCC(C)(C)CN)CC(=O)N1CCCC1. The van der Waals surface area contributed by atoms with Crippen molar-refractivity contribution >= 4 is 5.91 Å². The van der Waals surface area contributed by atoms with E-state index >= 15 is 0 Å². The average Bonchev–Trinajstić information content (AvgIpc) is 2.82. The van der Waals surface area contributed by atoms with Crippen LogP contribution in [0.4, 0.5) is 0 Å². The summed E-state index contributed by atoms with van der Waals surface area (Å²) in [5.74, 6) is 0.285. The molecule has 0 saturated carbocycles. The molecule has 4 nitrogen and oxygen atoms in total. The van der Waals surface area contributed by atoms with Gasteiger partial charge in [-0.3, -0.25) is 9.69 Å². The molecule has 0 spiro atoms. The smallest absolute Gasteiger partial charge is 0.236 e. The quantitative estimate of drug-likeness (QED) is 0.746. The third kappa shape index (κ3) is 5.36. The highest BCUT2D eigenvalue weighted by Crippen LogP contribution is 2.20. The molecular formula is C14H29N3O. The van der Waals surface area contributed by atoms with Gasteiger partial charge in [-0.1, -0.05) is 13.8 Å². The second kappa shape index (κ2) is 7.10. The first-order valence-corrected chi connectivity index (χ1v) is 7.11. The zero-order valence-corrected chi connectivity index (χ0v) is 12.2. The van der Waals surface area contributed by atoms with Crippen molar-refractivity contribution in [2.24, 2.45) is 11.1 Å². The van der Waals surface area contributed by atoms with Crippen molar-refractivity contribution in [3.05, 3.63) is 0 Å². The molecule has 1 heterocycles. The van der Waals surface area contributed by atoms with E-state index < -0.39 is 0 Å². The van der Waals surface area contributed by atoms with Crippen LogP contribution in [0.15, 0.2) is 0 Å². The molecule has 0 aliphatic carbocycles. The van der Waals surface area contributed by atoms with Crippen molar-refractivity contribution in [1.29, 1.82) is 0 Å². The van der Waals surface area contributed by atoms with Crippen LogP contribution < -0.4 is 5.73 Å². The minimum absolute atomic E-state index is 0.222. The van der Waals surface area contributed by atoms with Crippen LogP contribution in [0.5, 0.6) is 0 Å². The molecule has 1 saturated heterocycles. The number of likely N-dealkylation sites (N-methyl/N-ethyl adjacent to an activating group) is 1. The van der Waals surface area contributed by atoms with Crippen molar-refractivity contribution < 1.29 is 4.79 Å². The number of likely N-dealkylation sites (tertiary alicyclic amines) is 1. The lowest BCUT2D eigenvalue weighted by atomic mass is 9.88. The fourth-order valence-electron chi connectivity index (χ4n) is 2.31. The monoisotopic (exact) mass is 255 g/mol. The molecule has 18 heavy (non-hydrogen) atoms. The van der Waals surface area contributed by atoms with Gasteiger partial charge in [-0.15, -0.1) is 0 Å². The summed E-state index contributed by atoms with van der Waals surface area (Å²) in [6.07, 6.45) is 4.56. The van der Waals surface area contributed by atoms with Gasteiger partial charge in [0, 0.05) is 13.1 Å². The minimum Gasteiger partial charge on any atom is -0.342 e. The molecule has 2 N–H and O–H groups in total. The number of carbonyl (C=O) groups is 1. The summed E-state index contributed by atoms with van der Waals surface area (Å²) in [5.41, 5.74) is 5.93. The minimum atomic E-state index is 0.222. The molecule has 1 aliphatic heterocycles. The molecule has 0 unspecified atom stereocenters. The van der Waals surface area contributed by atoms with Gasteiger partial charge in [-0.05, 0) is 51.2 Å². The second-order valence-corrected chi connectivity index (χ2v) is 6.30. The summed E-state index contributed by atoms with van der Waals surface area (Å²) in [7, 11) is 2.03. The van der Waals surface area contributed by atoms with E-state index in [0.717, 1.165) is 39.0 Å². The van der Waals surface area contributed by atoms with Gasteiger partial charge in [0.2, 0.25) is 5.91 Å². The van der Waals surface area contributed by atoms with Crippen LogP contribution in [-0.2, 0) is 4.79 Å². The molecule has 0 atom stereocenters. The molecule has 0 aromatic carbocycles. The molecule has 0 radical (unpaired) electrons. The third-order valence-electron chi connectivity index (χ3n) is 3.81. The lowest BCUT2D eigenvalue weighted by molar-refractivity contribution is -0.131. The summed E-state index contributed by atoms with van der Waals surface area (Å²) >= 11 is 0. The predicted octanol–water partition coefficient (Wildman–Crippen LogP) is 1.31. The van der Waals surface area contributed by atoms with E-state index in [9.17, 15) is 4.79 Å². The Morgan fingerprint density at radius 2 is 1.94 bits per heavy atom. The number of rotatable bonds is 7. The highest BCUT2D eigenvalue weighted by molar-refractivity contribution is 5.78. The van der Waals surface area contributed by atoms with Crippen LogP contribution in [0.25, 0.3) is 0 Å². The fourth-order valence-corrected chi connectivity index (χ4v) is 2.31. The molecule has 0 bridgehead atoms. The van der Waals surface area contributed by atoms with Crippen LogP contribution in [0.1, 0.15) is 39.5 Å². The summed E-state index contributed by atoms with van der Waals surface area (Å²) in [4.78, 5) is 16.1. The van der Waals surface area contributed by atoms with Crippen LogP contribution in [-0.4, -0.2) is 55.5 Å². The fraction of sp³-hybridized carbons (Fsp3) is 0.929. The van der Waals surface area contributed by atoms with E-state index in [-0.39, 0.29) is 11.3 Å². The number of amides is 1. The number of carbonyl (C=O) groups excluding carboxylic acids is 1. The van der Waals surface area contributed by atoms with Crippen molar-refractivity contribution in [3.8, 4) is 0 Å². The molecule has 1 aliphatic rings. The maximum Gasteiger partial charge on any atom is 0.236 e. The summed E-state index contributed by atoms with van der Waals surface area (Å²) in [5, 5.41) is 0. The Bertz CT molecular complexity index is 260. The lowest BCUT2D eigenvalue weighted by Crippen LogP contribution is -2.37. The lowest BCUT2D eigenvalue weighted by Gasteiger charge is -2.25. The largest absolute Gasteiger partial charge is 0.342 e. The first-order chi connectivity index (χ1) is 8.44. The van der Waals surface area contributed by atoms with Gasteiger partial charge in [-0.25, -0.2) is 0 Å². The Morgan fingerprint density at radius 3 is 2.50 bits per heavy atom. The Hall–Kier alpha value is -0.610. The third-order valence-corrected chi connectivity index (χ3v) is 3.81. The van der Waals surface area contributed by atoms with Crippen molar-refractivity contribution in [2.75, 3.05) is 39.8 Å². The maximum atomic E-state index is 11.9. The van der Waals surface area contributed by atoms with Crippen molar-refractivity contribution in [3.63, 3.8) is 0 Å². The molecule has 1 rings (SSSR count). The summed E-state index contributed by atoms with van der Waals surface area (Å²) in [6, 6.07) is 0. The molecule has 0 aromatic heterocycles. The Balaban J connectivity index is 2.17. The maximum absolute atomic E-state index is 11.9. The number of hydrogen-bond donors (Lipinski definition) is 1. The molecule has 1 amide bonds. The highest BCUT2D eigenvalue weighted by Gasteiger charge is 2.19. The normalized spacial score (nSPS) is 16.6. The van der Waals surface area contributed by atoms with Gasteiger partial charge < -0.3 is 10.6 Å². The van der Waals surface area contributed by atoms with E-state index in [1.807, 2.05) is 11.9 Å².